The van der Waals surface area contributed by atoms with Crippen LogP contribution in [0.4, 0.5) is 10.5 Å². The number of likely N-dealkylation sites (tertiary alicyclic amines) is 1. The van der Waals surface area contributed by atoms with Gasteiger partial charge in [-0.3, -0.25) is 4.79 Å². The van der Waals surface area contributed by atoms with Gasteiger partial charge in [0.25, 0.3) is 0 Å². The summed E-state index contributed by atoms with van der Waals surface area (Å²) in [6.07, 6.45) is 9.93. The summed E-state index contributed by atoms with van der Waals surface area (Å²) in [4.78, 5) is 27.6. The minimum absolute atomic E-state index is 0.100. The lowest BCUT2D eigenvalue weighted by Crippen LogP contribution is -2.57. The molecule has 4 aliphatic carbocycles. The number of para-hydroxylation sites is 1. The molecule has 1 aliphatic heterocycles. The Morgan fingerprint density at radius 1 is 1.03 bits per heavy atom. The van der Waals surface area contributed by atoms with Crippen molar-refractivity contribution in [2.75, 3.05) is 18.4 Å². The lowest BCUT2D eigenvalue weighted by molar-refractivity contribution is -0.131. The molecule has 5 nitrogen and oxygen atoms in total. The summed E-state index contributed by atoms with van der Waals surface area (Å²) in [5, 5.41) is 6.37. The molecule has 4 bridgehead atoms. The van der Waals surface area contributed by atoms with Crippen molar-refractivity contribution in [3.05, 3.63) is 30.3 Å². The number of nitrogens with one attached hydrogen (secondary N) is 2. The van der Waals surface area contributed by atoms with Crippen LogP contribution < -0.4 is 10.6 Å². The van der Waals surface area contributed by atoms with Crippen LogP contribution in [0.3, 0.4) is 0 Å². The number of carbonyl (C=O) groups excluding carboxylic acids is 2. The van der Waals surface area contributed by atoms with E-state index in [1.807, 2.05) is 30.3 Å². The Morgan fingerprint density at radius 3 is 2.30 bits per heavy atom. The number of benzene rings is 1. The average Bonchev–Trinajstić information content (AvgIpc) is 2.73. The number of amides is 3. The Bertz CT molecular complexity index is 758. The highest BCUT2D eigenvalue weighted by molar-refractivity contribution is 5.90. The average molecular weight is 410 g/mol. The van der Waals surface area contributed by atoms with Crippen LogP contribution in [0.25, 0.3) is 0 Å². The third-order valence-electron chi connectivity index (χ3n) is 8.47. The highest BCUT2D eigenvalue weighted by Gasteiger charge is 2.53. The van der Waals surface area contributed by atoms with Crippen LogP contribution in [0.2, 0.25) is 0 Å². The summed E-state index contributed by atoms with van der Waals surface area (Å²) in [6, 6.07) is 9.67. The Hall–Kier alpha value is -2.04. The van der Waals surface area contributed by atoms with Crippen LogP contribution >= 0.6 is 0 Å². The predicted octanol–water partition coefficient (Wildman–Crippen LogP) is 4.65. The van der Waals surface area contributed by atoms with E-state index >= 15 is 0 Å². The van der Waals surface area contributed by atoms with Crippen LogP contribution in [0.1, 0.15) is 58.3 Å². The van der Waals surface area contributed by atoms with Gasteiger partial charge in [0.1, 0.15) is 0 Å². The van der Waals surface area contributed by atoms with Gasteiger partial charge >= 0.3 is 6.03 Å². The molecule has 0 spiro atoms. The second-order valence-electron chi connectivity index (χ2n) is 10.6. The fourth-order valence-electron chi connectivity index (χ4n) is 7.29. The molecule has 0 radical (unpaired) electrons. The minimum Gasteiger partial charge on any atom is -0.353 e. The molecule has 4 saturated carbocycles. The second-order valence-corrected chi connectivity index (χ2v) is 10.6. The third-order valence-corrected chi connectivity index (χ3v) is 8.47. The van der Waals surface area contributed by atoms with E-state index in [-0.39, 0.29) is 23.9 Å². The van der Waals surface area contributed by atoms with Crippen LogP contribution in [0, 0.1) is 29.1 Å². The van der Waals surface area contributed by atoms with Crippen molar-refractivity contribution in [2.24, 2.45) is 29.1 Å². The van der Waals surface area contributed by atoms with E-state index in [9.17, 15) is 9.59 Å². The number of rotatable bonds is 4. The summed E-state index contributed by atoms with van der Waals surface area (Å²) in [5.74, 6) is 2.72. The summed E-state index contributed by atoms with van der Waals surface area (Å²) >= 11 is 0. The number of hydrogen-bond donors (Lipinski definition) is 2. The largest absolute Gasteiger partial charge is 0.353 e. The third kappa shape index (κ3) is 3.83. The first kappa shape index (κ1) is 19.9. The molecule has 30 heavy (non-hydrogen) atoms. The van der Waals surface area contributed by atoms with Crippen LogP contribution in [-0.4, -0.2) is 36.0 Å². The molecule has 2 N–H and O–H groups in total. The van der Waals surface area contributed by atoms with E-state index in [0.29, 0.717) is 18.5 Å². The van der Waals surface area contributed by atoms with E-state index in [2.05, 4.69) is 17.6 Å². The van der Waals surface area contributed by atoms with Crippen LogP contribution in [0.5, 0.6) is 0 Å². The Balaban J connectivity index is 1.18. The van der Waals surface area contributed by atoms with Gasteiger partial charge in [0.2, 0.25) is 5.91 Å². The van der Waals surface area contributed by atoms with E-state index in [1.54, 1.807) is 4.90 Å². The summed E-state index contributed by atoms with van der Waals surface area (Å²) < 4.78 is 0. The molecule has 5 heteroatoms. The van der Waals surface area contributed by atoms with Gasteiger partial charge < -0.3 is 15.5 Å². The SMILES string of the molecule is C[C@H](NC(=O)[C@H]1CCCN(C(=O)Nc2ccccc2)C1)C12CC3CC(CC(C3)C1)C2. The maximum absolute atomic E-state index is 13.2. The molecule has 0 aromatic heterocycles. The molecule has 5 aliphatic rings. The summed E-state index contributed by atoms with van der Waals surface area (Å²) in [7, 11) is 0. The molecule has 1 saturated heterocycles. The molecule has 3 amide bonds. The summed E-state index contributed by atoms with van der Waals surface area (Å²) in [5.41, 5.74) is 1.12. The van der Waals surface area contributed by atoms with Gasteiger partial charge in [0.05, 0.1) is 5.92 Å². The molecule has 2 atom stereocenters. The molecular formula is C25H35N3O2. The normalized spacial score (nSPS) is 35.7. The predicted molar refractivity (Wildman–Crippen MR) is 118 cm³/mol. The maximum Gasteiger partial charge on any atom is 0.321 e. The standard InChI is InChI=1S/C25H35N3O2/c1-17(25-13-18-10-19(14-25)12-20(11-18)15-25)26-23(29)21-6-5-9-28(16-21)24(30)27-22-7-3-2-4-8-22/h2-4,7-8,17-21H,5-6,9-16H2,1H3,(H,26,29)(H,27,30)/t17-,18?,19?,20?,21-,25?/m0/s1. The first-order valence-corrected chi connectivity index (χ1v) is 11.9. The Labute approximate surface area is 180 Å². The number of urea groups is 1. The monoisotopic (exact) mass is 409 g/mol. The van der Waals surface area contributed by atoms with E-state index in [4.69, 9.17) is 0 Å². The van der Waals surface area contributed by atoms with Crippen molar-refractivity contribution in [3.63, 3.8) is 0 Å². The van der Waals surface area contributed by atoms with Gasteiger partial charge in [-0.25, -0.2) is 4.79 Å². The van der Waals surface area contributed by atoms with Crippen LogP contribution in [-0.2, 0) is 4.79 Å². The van der Waals surface area contributed by atoms with Gasteiger partial charge in [-0.1, -0.05) is 18.2 Å². The topological polar surface area (TPSA) is 61.4 Å². The van der Waals surface area contributed by atoms with Crippen molar-refractivity contribution in [2.45, 2.75) is 64.3 Å². The fraction of sp³-hybridized carbons (Fsp3) is 0.680. The number of hydrogen-bond acceptors (Lipinski definition) is 2. The molecule has 1 heterocycles. The fourth-order valence-corrected chi connectivity index (χ4v) is 7.29. The lowest BCUT2D eigenvalue weighted by atomic mass is 9.48. The first-order chi connectivity index (χ1) is 14.5. The summed E-state index contributed by atoms with van der Waals surface area (Å²) in [6.45, 7) is 3.47. The highest BCUT2D eigenvalue weighted by atomic mass is 16.2. The number of piperidine rings is 1. The Kier molecular flexibility index (Phi) is 5.24. The molecule has 1 aromatic rings. The quantitative estimate of drug-likeness (QED) is 0.760. The molecule has 1 aromatic carbocycles. The van der Waals surface area contributed by atoms with Gasteiger partial charge in [-0.2, -0.15) is 0 Å². The van der Waals surface area contributed by atoms with Gasteiger partial charge in [0, 0.05) is 24.8 Å². The molecule has 0 unspecified atom stereocenters. The van der Waals surface area contributed by atoms with Crippen molar-refractivity contribution >= 4 is 17.6 Å². The minimum atomic E-state index is -0.104. The number of carbonyl (C=O) groups is 2. The van der Waals surface area contributed by atoms with E-state index in [1.165, 1.54) is 38.5 Å². The van der Waals surface area contributed by atoms with Gasteiger partial charge in [-0.15, -0.1) is 0 Å². The van der Waals surface area contributed by atoms with Crippen molar-refractivity contribution in [1.82, 2.24) is 10.2 Å². The highest BCUT2D eigenvalue weighted by Crippen LogP contribution is 2.61. The second kappa shape index (κ2) is 7.90. The van der Waals surface area contributed by atoms with Gasteiger partial charge in [-0.05, 0) is 93.6 Å². The molecule has 5 fully saturated rings. The van der Waals surface area contributed by atoms with E-state index in [0.717, 1.165) is 36.3 Å². The van der Waals surface area contributed by atoms with Crippen molar-refractivity contribution in [1.29, 1.82) is 0 Å². The Morgan fingerprint density at radius 2 is 1.67 bits per heavy atom. The van der Waals surface area contributed by atoms with Crippen LogP contribution in [0.15, 0.2) is 30.3 Å². The molecular weight excluding hydrogens is 374 g/mol. The van der Waals surface area contributed by atoms with E-state index < -0.39 is 0 Å². The maximum atomic E-state index is 13.2. The zero-order valence-corrected chi connectivity index (χ0v) is 18.1. The van der Waals surface area contributed by atoms with Crippen molar-refractivity contribution < 1.29 is 9.59 Å². The molecule has 162 valence electrons. The lowest BCUT2D eigenvalue weighted by Gasteiger charge is -2.59. The number of nitrogens with zero attached hydrogens (tertiary/aromatic N) is 1. The molecule has 6 rings (SSSR count). The zero-order chi connectivity index (χ0) is 20.7. The van der Waals surface area contributed by atoms with Crippen molar-refractivity contribution in [3.8, 4) is 0 Å². The zero-order valence-electron chi connectivity index (χ0n) is 18.1. The smallest absolute Gasteiger partial charge is 0.321 e. The van der Waals surface area contributed by atoms with Gasteiger partial charge in [0.15, 0.2) is 0 Å². The first-order valence-electron chi connectivity index (χ1n) is 11.9. The number of anilines is 1.